The van der Waals surface area contributed by atoms with Crippen molar-refractivity contribution in [1.29, 1.82) is 0 Å². The van der Waals surface area contributed by atoms with Crippen molar-refractivity contribution >= 4 is 15.7 Å². The summed E-state index contributed by atoms with van der Waals surface area (Å²) in [6.07, 6.45) is 3.00. The highest BCUT2D eigenvalue weighted by Crippen LogP contribution is 2.25. The van der Waals surface area contributed by atoms with E-state index in [1.54, 1.807) is 6.07 Å². The Hall–Kier alpha value is -1.27. The molecular formula is C11H18N2O3S. The summed E-state index contributed by atoms with van der Waals surface area (Å²) < 4.78 is 28.1. The van der Waals surface area contributed by atoms with Crippen molar-refractivity contribution in [3.05, 3.63) is 18.2 Å². The largest absolute Gasteiger partial charge is 0.492 e. The summed E-state index contributed by atoms with van der Waals surface area (Å²) in [7, 11) is -3.80. The first-order chi connectivity index (χ1) is 7.95. The molecule has 0 radical (unpaired) electrons. The number of nitrogens with two attached hydrogens (primary N) is 2. The molecule has 0 bridgehead atoms. The molecule has 1 aromatic carbocycles. The molecule has 17 heavy (non-hydrogen) atoms. The van der Waals surface area contributed by atoms with E-state index in [0.717, 1.165) is 19.3 Å². The molecule has 0 aliphatic rings. The van der Waals surface area contributed by atoms with Crippen LogP contribution in [0.3, 0.4) is 0 Å². The van der Waals surface area contributed by atoms with Crippen LogP contribution in [0, 0.1) is 0 Å². The number of hydrogen-bond acceptors (Lipinski definition) is 4. The third-order valence-electron chi connectivity index (χ3n) is 2.28. The minimum absolute atomic E-state index is 0.0611. The molecule has 5 nitrogen and oxygen atoms in total. The summed E-state index contributed by atoms with van der Waals surface area (Å²) in [5.74, 6) is 0.262. The molecule has 0 saturated heterocycles. The molecule has 0 atom stereocenters. The normalized spacial score (nSPS) is 11.4. The van der Waals surface area contributed by atoms with Crippen molar-refractivity contribution in [2.45, 2.75) is 31.1 Å². The fourth-order valence-electron chi connectivity index (χ4n) is 1.40. The van der Waals surface area contributed by atoms with Gasteiger partial charge >= 0.3 is 0 Å². The van der Waals surface area contributed by atoms with Gasteiger partial charge in [0, 0.05) is 5.69 Å². The Morgan fingerprint density at radius 1 is 1.29 bits per heavy atom. The lowest BCUT2D eigenvalue weighted by Gasteiger charge is -2.10. The molecule has 0 unspecified atom stereocenters. The highest BCUT2D eigenvalue weighted by molar-refractivity contribution is 7.89. The first-order valence-electron chi connectivity index (χ1n) is 5.50. The van der Waals surface area contributed by atoms with E-state index in [1.807, 2.05) is 0 Å². The highest BCUT2D eigenvalue weighted by Gasteiger charge is 2.15. The van der Waals surface area contributed by atoms with E-state index in [1.165, 1.54) is 12.1 Å². The summed E-state index contributed by atoms with van der Waals surface area (Å²) >= 11 is 0. The molecular weight excluding hydrogens is 240 g/mol. The highest BCUT2D eigenvalue weighted by atomic mass is 32.2. The molecule has 0 aromatic heterocycles. The molecule has 0 spiro atoms. The Morgan fingerprint density at radius 3 is 2.59 bits per heavy atom. The summed E-state index contributed by atoms with van der Waals surface area (Å²) in [6.45, 7) is 2.55. The van der Waals surface area contributed by atoms with Crippen molar-refractivity contribution in [2.75, 3.05) is 12.3 Å². The second-order valence-electron chi connectivity index (χ2n) is 3.81. The molecule has 4 N–H and O–H groups in total. The Bertz CT molecular complexity index is 472. The van der Waals surface area contributed by atoms with E-state index in [9.17, 15) is 8.42 Å². The lowest BCUT2D eigenvalue weighted by molar-refractivity contribution is 0.299. The monoisotopic (exact) mass is 258 g/mol. The Morgan fingerprint density at radius 2 is 2.00 bits per heavy atom. The maximum Gasteiger partial charge on any atom is 0.241 e. The van der Waals surface area contributed by atoms with E-state index in [2.05, 4.69) is 6.92 Å². The van der Waals surface area contributed by atoms with Crippen molar-refractivity contribution in [3.8, 4) is 5.75 Å². The molecule has 0 heterocycles. The smallest absolute Gasteiger partial charge is 0.241 e. The fourth-order valence-corrected chi connectivity index (χ4v) is 2.11. The van der Waals surface area contributed by atoms with Gasteiger partial charge in [-0.2, -0.15) is 0 Å². The van der Waals surface area contributed by atoms with Crippen molar-refractivity contribution in [1.82, 2.24) is 0 Å². The van der Waals surface area contributed by atoms with Gasteiger partial charge in [0.05, 0.1) is 6.61 Å². The van der Waals surface area contributed by atoms with Gasteiger partial charge in [-0.05, 0) is 24.6 Å². The summed E-state index contributed by atoms with van der Waals surface area (Å²) in [5, 5.41) is 5.09. The number of ether oxygens (including phenoxy) is 1. The number of sulfonamides is 1. The summed E-state index contributed by atoms with van der Waals surface area (Å²) in [4.78, 5) is -0.0611. The molecule has 0 aliphatic carbocycles. The Kier molecular flexibility index (Phi) is 4.77. The number of hydrogen-bond donors (Lipinski definition) is 2. The first-order valence-corrected chi connectivity index (χ1v) is 7.05. The molecule has 6 heteroatoms. The summed E-state index contributed by atoms with van der Waals surface area (Å²) in [5.41, 5.74) is 5.87. The Labute approximate surface area is 102 Å². The van der Waals surface area contributed by atoms with Crippen LogP contribution in [0.2, 0.25) is 0 Å². The predicted molar refractivity (Wildman–Crippen MR) is 67.2 cm³/mol. The standard InChI is InChI=1S/C11H18N2O3S/c1-2-3-4-7-16-10-6-5-9(12)8-11(10)17(13,14)15/h5-6,8H,2-4,7,12H2,1H3,(H2,13,14,15). The van der Waals surface area contributed by atoms with Crippen LogP contribution in [0.15, 0.2) is 23.1 Å². The van der Waals surface area contributed by atoms with Gasteiger partial charge in [-0.3, -0.25) is 0 Å². The SMILES string of the molecule is CCCCCOc1ccc(N)cc1S(N)(=O)=O. The second-order valence-corrected chi connectivity index (χ2v) is 5.34. The van der Waals surface area contributed by atoms with Gasteiger partial charge in [0.25, 0.3) is 0 Å². The van der Waals surface area contributed by atoms with E-state index < -0.39 is 10.0 Å². The quantitative estimate of drug-likeness (QED) is 0.597. The zero-order chi connectivity index (χ0) is 12.9. The minimum atomic E-state index is -3.80. The third-order valence-corrected chi connectivity index (χ3v) is 3.21. The molecule has 0 aliphatic heterocycles. The lowest BCUT2D eigenvalue weighted by atomic mass is 10.2. The van der Waals surface area contributed by atoms with Crippen LogP contribution >= 0.6 is 0 Å². The van der Waals surface area contributed by atoms with Crippen molar-refractivity contribution < 1.29 is 13.2 Å². The molecule has 0 fully saturated rings. The van der Waals surface area contributed by atoms with Gasteiger partial charge in [-0.25, -0.2) is 13.6 Å². The maximum absolute atomic E-state index is 11.3. The topological polar surface area (TPSA) is 95.4 Å². The third kappa shape index (κ3) is 4.24. The number of benzene rings is 1. The maximum atomic E-state index is 11.3. The van der Waals surface area contributed by atoms with Crippen LogP contribution in [0.5, 0.6) is 5.75 Å². The van der Waals surface area contributed by atoms with Crippen molar-refractivity contribution in [3.63, 3.8) is 0 Å². The van der Waals surface area contributed by atoms with Crippen LogP contribution in [0.4, 0.5) is 5.69 Å². The average molecular weight is 258 g/mol. The number of rotatable bonds is 6. The minimum Gasteiger partial charge on any atom is -0.492 e. The van der Waals surface area contributed by atoms with E-state index in [0.29, 0.717) is 12.3 Å². The van der Waals surface area contributed by atoms with E-state index in [-0.39, 0.29) is 10.6 Å². The van der Waals surface area contributed by atoms with Crippen LogP contribution in [-0.4, -0.2) is 15.0 Å². The Balaban J connectivity index is 2.84. The van der Waals surface area contributed by atoms with Gasteiger partial charge in [0.15, 0.2) is 0 Å². The van der Waals surface area contributed by atoms with Crippen molar-refractivity contribution in [2.24, 2.45) is 5.14 Å². The molecule has 1 rings (SSSR count). The van der Waals surface area contributed by atoms with Crippen LogP contribution in [-0.2, 0) is 10.0 Å². The van der Waals surface area contributed by atoms with Gasteiger partial charge in [-0.15, -0.1) is 0 Å². The van der Waals surface area contributed by atoms with E-state index in [4.69, 9.17) is 15.6 Å². The molecule has 1 aromatic rings. The number of unbranched alkanes of at least 4 members (excludes halogenated alkanes) is 2. The van der Waals surface area contributed by atoms with E-state index >= 15 is 0 Å². The zero-order valence-corrected chi connectivity index (χ0v) is 10.7. The van der Waals surface area contributed by atoms with Crippen LogP contribution in [0.1, 0.15) is 26.2 Å². The first kappa shape index (κ1) is 13.8. The van der Waals surface area contributed by atoms with Crippen LogP contribution in [0.25, 0.3) is 0 Å². The molecule has 0 saturated carbocycles. The molecule has 0 amide bonds. The predicted octanol–water partition coefficient (Wildman–Crippen LogP) is 1.49. The number of primary sulfonamides is 1. The lowest BCUT2D eigenvalue weighted by Crippen LogP contribution is -2.14. The van der Waals surface area contributed by atoms with Gasteiger partial charge in [0.1, 0.15) is 10.6 Å². The van der Waals surface area contributed by atoms with Crippen LogP contribution < -0.4 is 15.6 Å². The van der Waals surface area contributed by atoms with Gasteiger partial charge in [0.2, 0.25) is 10.0 Å². The number of anilines is 1. The number of nitrogen functional groups attached to an aromatic ring is 1. The second kappa shape index (κ2) is 5.88. The molecule has 96 valence electrons. The fraction of sp³-hybridized carbons (Fsp3) is 0.455. The average Bonchev–Trinajstić information content (AvgIpc) is 2.25. The van der Waals surface area contributed by atoms with Gasteiger partial charge in [-0.1, -0.05) is 19.8 Å². The summed E-state index contributed by atoms with van der Waals surface area (Å²) in [6, 6.07) is 4.43. The zero-order valence-electron chi connectivity index (χ0n) is 9.85. The van der Waals surface area contributed by atoms with Gasteiger partial charge < -0.3 is 10.5 Å².